The first-order valence-corrected chi connectivity index (χ1v) is 5.59. The van der Waals surface area contributed by atoms with Crippen molar-refractivity contribution in [2.75, 3.05) is 5.73 Å². The molecule has 1 aromatic carbocycles. The van der Waals surface area contributed by atoms with Gasteiger partial charge in [0.05, 0.1) is 5.52 Å². The summed E-state index contributed by atoms with van der Waals surface area (Å²) in [5.74, 6) is 0.262. The Morgan fingerprint density at radius 3 is 2.88 bits per heavy atom. The molecule has 0 amide bonds. The highest BCUT2D eigenvalue weighted by Gasteiger charge is 2.05. The number of rotatable bonds is 1. The van der Waals surface area contributed by atoms with E-state index in [0.717, 1.165) is 22.7 Å². The van der Waals surface area contributed by atoms with Crippen molar-refractivity contribution in [2.45, 2.75) is 13.3 Å². The minimum absolute atomic E-state index is 0.262. The molecule has 4 nitrogen and oxygen atoms in total. The first-order valence-electron chi connectivity index (χ1n) is 5.59. The lowest BCUT2D eigenvalue weighted by molar-refractivity contribution is 1.14. The summed E-state index contributed by atoms with van der Waals surface area (Å²) in [6.07, 6.45) is 2.67. The predicted molar refractivity (Wildman–Crippen MR) is 68.6 cm³/mol. The number of hydrogen-bond acceptors (Lipinski definition) is 4. The van der Waals surface area contributed by atoms with Gasteiger partial charge in [-0.1, -0.05) is 25.1 Å². The van der Waals surface area contributed by atoms with E-state index in [9.17, 15) is 0 Å². The zero-order valence-corrected chi connectivity index (χ0v) is 9.51. The van der Waals surface area contributed by atoms with Gasteiger partial charge < -0.3 is 5.73 Å². The van der Waals surface area contributed by atoms with Crippen LogP contribution in [0.3, 0.4) is 0 Å². The zero-order valence-electron chi connectivity index (χ0n) is 9.51. The van der Waals surface area contributed by atoms with Crippen molar-refractivity contribution < 1.29 is 0 Å². The normalized spacial score (nSPS) is 11.1. The number of anilines is 1. The van der Waals surface area contributed by atoms with Crippen LogP contribution in [0.4, 0.5) is 5.95 Å². The van der Waals surface area contributed by atoms with E-state index in [1.165, 1.54) is 5.56 Å². The molecule has 0 aliphatic carbocycles. The standard InChI is InChI=1S/C13H12N4/c1-2-8-4-3-5-9-6-10-7-15-13(14)17-12(10)16-11(8)9/h3-7H,2H2,1H3,(H2,14,15,16,17). The smallest absolute Gasteiger partial charge is 0.222 e. The fraction of sp³-hybridized carbons (Fsp3) is 0.154. The van der Waals surface area contributed by atoms with E-state index in [4.69, 9.17) is 5.73 Å². The van der Waals surface area contributed by atoms with E-state index in [2.05, 4.69) is 40.1 Å². The van der Waals surface area contributed by atoms with Crippen LogP contribution in [0.5, 0.6) is 0 Å². The summed E-state index contributed by atoms with van der Waals surface area (Å²) in [5.41, 5.74) is 8.46. The Kier molecular flexibility index (Phi) is 2.14. The molecule has 84 valence electrons. The monoisotopic (exact) mass is 224 g/mol. The summed E-state index contributed by atoms with van der Waals surface area (Å²) in [6.45, 7) is 2.12. The molecule has 0 bridgehead atoms. The maximum atomic E-state index is 5.58. The summed E-state index contributed by atoms with van der Waals surface area (Å²) in [4.78, 5) is 12.7. The molecular formula is C13H12N4. The van der Waals surface area contributed by atoms with Gasteiger partial charge in [-0.2, -0.15) is 4.98 Å². The Bertz CT molecular complexity index is 706. The van der Waals surface area contributed by atoms with Gasteiger partial charge in [-0.05, 0) is 18.1 Å². The van der Waals surface area contributed by atoms with E-state index in [0.29, 0.717) is 5.65 Å². The van der Waals surface area contributed by atoms with Gasteiger partial charge in [-0.3, -0.25) is 0 Å². The Balaban J connectivity index is 2.44. The second-order valence-electron chi connectivity index (χ2n) is 3.97. The van der Waals surface area contributed by atoms with Crippen LogP contribution in [0.15, 0.2) is 30.5 Å². The molecule has 4 heteroatoms. The van der Waals surface area contributed by atoms with Crippen LogP contribution in [0.25, 0.3) is 21.9 Å². The molecule has 0 fully saturated rings. The second kappa shape index (κ2) is 3.66. The van der Waals surface area contributed by atoms with Crippen molar-refractivity contribution in [1.29, 1.82) is 0 Å². The highest BCUT2D eigenvalue weighted by atomic mass is 15.0. The van der Waals surface area contributed by atoms with Gasteiger partial charge in [0.1, 0.15) is 0 Å². The molecule has 0 saturated carbocycles. The molecule has 0 saturated heterocycles. The van der Waals surface area contributed by atoms with Gasteiger partial charge >= 0.3 is 0 Å². The number of pyridine rings is 1. The largest absolute Gasteiger partial charge is 0.368 e. The molecule has 0 spiro atoms. The average Bonchev–Trinajstić information content (AvgIpc) is 2.35. The van der Waals surface area contributed by atoms with Crippen molar-refractivity contribution in [1.82, 2.24) is 15.0 Å². The van der Waals surface area contributed by atoms with Gasteiger partial charge in [-0.25, -0.2) is 9.97 Å². The average molecular weight is 224 g/mol. The molecule has 2 N–H and O–H groups in total. The summed E-state index contributed by atoms with van der Waals surface area (Å²) in [5, 5.41) is 2.03. The lowest BCUT2D eigenvalue weighted by Gasteiger charge is -2.05. The summed E-state index contributed by atoms with van der Waals surface area (Å²) in [7, 11) is 0. The fourth-order valence-corrected chi connectivity index (χ4v) is 2.01. The first kappa shape index (κ1) is 9.96. The molecular weight excluding hydrogens is 212 g/mol. The van der Waals surface area contributed by atoms with Gasteiger partial charge in [0.25, 0.3) is 0 Å². The zero-order chi connectivity index (χ0) is 11.8. The molecule has 3 aromatic rings. The molecule has 0 unspecified atom stereocenters. The second-order valence-corrected chi connectivity index (χ2v) is 3.97. The van der Waals surface area contributed by atoms with E-state index >= 15 is 0 Å². The molecule has 0 radical (unpaired) electrons. The van der Waals surface area contributed by atoms with Crippen LogP contribution >= 0.6 is 0 Å². The van der Waals surface area contributed by atoms with Crippen LogP contribution in [0.2, 0.25) is 0 Å². The Labute approximate surface area is 98.5 Å². The van der Waals surface area contributed by atoms with Gasteiger partial charge in [0, 0.05) is 17.0 Å². The number of aryl methyl sites for hydroxylation is 1. The number of hydrogen-bond donors (Lipinski definition) is 1. The molecule has 17 heavy (non-hydrogen) atoms. The molecule has 3 rings (SSSR count). The third-order valence-electron chi connectivity index (χ3n) is 2.87. The quantitative estimate of drug-likeness (QED) is 0.644. The van der Waals surface area contributed by atoms with Crippen molar-refractivity contribution in [3.63, 3.8) is 0 Å². The lowest BCUT2D eigenvalue weighted by atomic mass is 10.1. The summed E-state index contributed by atoms with van der Waals surface area (Å²) < 4.78 is 0. The molecule has 2 heterocycles. The Morgan fingerprint density at radius 1 is 1.18 bits per heavy atom. The van der Waals surface area contributed by atoms with Gasteiger partial charge in [0.2, 0.25) is 5.95 Å². The van der Waals surface area contributed by atoms with Gasteiger partial charge in [-0.15, -0.1) is 0 Å². The van der Waals surface area contributed by atoms with Gasteiger partial charge in [0.15, 0.2) is 5.65 Å². The highest BCUT2D eigenvalue weighted by molar-refractivity contribution is 5.92. The molecule has 0 atom stereocenters. The minimum Gasteiger partial charge on any atom is -0.368 e. The number of para-hydroxylation sites is 1. The maximum Gasteiger partial charge on any atom is 0.222 e. The van der Waals surface area contributed by atoms with Crippen LogP contribution < -0.4 is 5.73 Å². The molecule has 2 aromatic heterocycles. The van der Waals surface area contributed by atoms with Crippen molar-refractivity contribution >= 4 is 27.9 Å². The maximum absolute atomic E-state index is 5.58. The SMILES string of the molecule is CCc1cccc2cc3cnc(N)nc3nc12. The number of nitrogen functional groups attached to an aromatic ring is 1. The van der Waals surface area contributed by atoms with E-state index in [-0.39, 0.29) is 5.95 Å². The van der Waals surface area contributed by atoms with Crippen LogP contribution in [-0.4, -0.2) is 15.0 Å². The van der Waals surface area contributed by atoms with Crippen molar-refractivity contribution in [3.8, 4) is 0 Å². The summed E-state index contributed by atoms with van der Waals surface area (Å²) in [6, 6.07) is 8.24. The topological polar surface area (TPSA) is 64.7 Å². The number of nitrogens with two attached hydrogens (primary N) is 1. The predicted octanol–water partition coefficient (Wildman–Crippen LogP) is 2.32. The summed E-state index contributed by atoms with van der Waals surface area (Å²) >= 11 is 0. The number of benzene rings is 1. The lowest BCUT2D eigenvalue weighted by Crippen LogP contribution is -1.96. The fourth-order valence-electron chi connectivity index (χ4n) is 2.01. The Morgan fingerprint density at radius 2 is 2.06 bits per heavy atom. The number of fused-ring (bicyclic) bond motifs is 2. The van der Waals surface area contributed by atoms with Crippen LogP contribution in [-0.2, 0) is 6.42 Å². The highest BCUT2D eigenvalue weighted by Crippen LogP contribution is 2.21. The van der Waals surface area contributed by atoms with E-state index in [1.807, 2.05) is 6.07 Å². The Hall–Kier alpha value is -2.23. The molecule has 0 aliphatic rings. The third kappa shape index (κ3) is 1.58. The first-order chi connectivity index (χ1) is 8.28. The minimum atomic E-state index is 0.262. The number of nitrogens with zero attached hydrogens (tertiary/aromatic N) is 3. The van der Waals surface area contributed by atoms with Crippen LogP contribution in [0, 0.1) is 0 Å². The third-order valence-corrected chi connectivity index (χ3v) is 2.87. The number of aromatic nitrogens is 3. The van der Waals surface area contributed by atoms with Crippen LogP contribution in [0.1, 0.15) is 12.5 Å². The van der Waals surface area contributed by atoms with E-state index in [1.54, 1.807) is 6.20 Å². The molecule has 0 aliphatic heterocycles. The van der Waals surface area contributed by atoms with Crippen molar-refractivity contribution in [3.05, 3.63) is 36.0 Å². The van der Waals surface area contributed by atoms with E-state index < -0.39 is 0 Å². The van der Waals surface area contributed by atoms with Crippen molar-refractivity contribution in [2.24, 2.45) is 0 Å².